The minimum absolute atomic E-state index is 0.104. The van der Waals surface area contributed by atoms with E-state index in [9.17, 15) is 5.11 Å². The van der Waals surface area contributed by atoms with Crippen LogP contribution >= 0.6 is 0 Å². The van der Waals surface area contributed by atoms with Crippen molar-refractivity contribution >= 4 is 0 Å². The first kappa shape index (κ1) is 13.9. The minimum atomic E-state index is 0.104. The molecule has 1 aliphatic heterocycles. The number of nitrogens with one attached hydrogen (secondary N) is 1. The van der Waals surface area contributed by atoms with Gasteiger partial charge in [-0.1, -0.05) is 38.0 Å². The molecule has 0 bridgehead atoms. The van der Waals surface area contributed by atoms with Gasteiger partial charge in [0.05, 0.1) is 6.61 Å². The molecule has 110 valence electrons. The average molecular weight is 275 g/mol. The number of benzene rings is 1. The molecule has 0 aromatic heterocycles. The van der Waals surface area contributed by atoms with Crippen LogP contribution in [0.2, 0.25) is 0 Å². The summed E-state index contributed by atoms with van der Waals surface area (Å²) in [5.41, 5.74) is 1.37. The smallest absolute Gasteiger partial charge is 0.124 e. The monoisotopic (exact) mass is 275 g/mol. The van der Waals surface area contributed by atoms with Crippen LogP contribution in [-0.4, -0.2) is 24.9 Å². The summed E-state index contributed by atoms with van der Waals surface area (Å²) in [6, 6.07) is 8.64. The van der Waals surface area contributed by atoms with Crippen LogP contribution in [0.25, 0.3) is 0 Å². The van der Waals surface area contributed by atoms with Crippen molar-refractivity contribution < 1.29 is 9.84 Å². The molecule has 0 spiro atoms. The maximum Gasteiger partial charge on any atom is 0.124 e. The second-order valence-corrected chi connectivity index (χ2v) is 6.55. The van der Waals surface area contributed by atoms with Gasteiger partial charge in [0.2, 0.25) is 0 Å². The predicted octanol–water partition coefficient (Wildman–Crippen LogP) is 2.90. The van der Waals surface area contributed by atoms with E-state index in [0.29, 0.717) is 18.6 Å². The molecule has 20 heavy (non-hydrogen) atoms. The van der Waals surface area contributed by atoms with Gasteiger partial charge in [-0.15, -0.1) is 0 Å². The van der Waals surface area contributed by atoms with Crippen molar-refractivity contribution in [3.05, 3.63) is 29.8 Å². The highest BCUT2D eigenvalue weighted by Crippen LogP contribution is 2.39. The summed E-state index contributed by atoms with van der Waals surface area (Å²) in [6.45, 7) is 4.21. The molecule has 2 aliphatic rings. The van der Waals surface area contributed by atoms with Gasteiger partial charge >= 0.3 is 0 Å². The lowest BCUT2D eigenvalue weighted by atomic mass is 9.85. The van der Waals surface area contributed by atoms with Gasteiger partial charge in [-0.05, 0) is 18.9 Å². The maximum absolute atomic E-state index is 9.74. The summed E-state index contributed by atoms with van der Waals surface area (Å²) in [7, 11) is 0. The van der Waals surface area contributed by atoms with Crippen molar-refractivity contribution in [1.82, 2.24) is 5.32 Å². The summed E-state index contributed by atoms with van der Waals surface area (Å²) in [5, 5.41) is 13.5. The molecule has 1 fully saturated rings. The lowest BCUT2D eigenvalue weighted by molar-refractivity contribution is 0.112. The molecule has 0 radical (unpaired) electrons. The van der Waals surface area contributed by atoms with Crippen molar-refractivity contribution in [2.45, 2.75) is 38.6 Å². The molecule has 0 amide bonds. The van der Waals surface area contributed by atoms with Crippen molar-refractivity contribution in [2.75, 3.05) is 19.8 Å². The fourth-order valence-electron chi connectivity index (χ4n) is 3.65. The van der Waals surface area contributed by atoms with Crippen LogP contribution in [0, 0.1) is 11.3 Å². The molecular weight excluding hydrogens is 250 g/mol. The fraction of sp³-hybridized carbons (Fsp3) is 0.647. The first-order valence-corrected chi connectivity index (χ1v) is 7.80. The van der Waals surface area contributed by atoms with E-state index in [1.165, 1.54) is 18.4 Å². The van der Waals surface area contributed by atoms with E-state index in [1.807, 2.05) is 12.1 Å². The number of fused-ring (bicyclic) bond motifs is 1. The summed E-state index contributed by atoms with van der Waals surface area (Å²) in [5.74, 6) is 1.47. The van der Waals surface area contributed by atoms with Crippen molar-refractivity contribution in [2.24, 2.45) is 11.3 Å². The zero-order chi connectivity index (χ0) is 14.0. The molecule has 0 saturated heterocycles. The number of hydrogen-bond acceptors (Lipinski definition) is 3. The average Bonchev–Trinajstić information content (AvgIpc) is 2.96. The van der Waals surface area contributed by atoms with E-state index < -0.39 is 0 Å². The lowest BCUT2D eigenvalue weighted by Gasteiger charge is -2.35. The summed E-state index contributed by atoms with van der Waals surface area (Å²) in [6.07, 6.45) is 4.80. The van der Waals surface area contributed by atoms with Crippen molar-refractivity contribution in [1.29, 1.82) is 0 Å². The molecule has 2 unspecified atom stereocenters. The van der Waals surface area contributed by atoms with Gasteiger partial charge in [0, 0.05) is 36.1 Å². The Morgan fingerprint density at radius 3 is 2.80 bits per heavy atom. The summed E-state index contributed by atoms with van der Waals surface area (Å²) >= 11 is 0. The maximum atomic E-state index is 9.74. The Morgan fingerprint density at radius 1 is 1.30 bits per heavy atom. The van der Waals surface area contributed by atoms with Crippen LogP contribution in [0.4, 0.5) is 0 Å². The molecule has 1 aromatic carbocycles. The Bertz CT molecular complexity index is 454. The van der Waals surface area contributed by atoms with Crippen LogP contribution in [0.5, 0.6) is 5.75 Å². The highest BCUT2D eigenvalue weighted by atomic mass is 16.5. The van der Waals surface area contributed by atoms with Gasteiger partial charge in [0.25, 0.3) is 0 Å². The molecule has 1 aromatic rings. The topological polar surface area (TPSA) is 41.5 Å². The third kappa shape index (κ3) is 2.57. The van der Waals surface area contributed by atoms with Gasteiger partial charge in [-0.3, -0.25) is 0 Å². The van der Waals surface area contributed by atoms with E-state index in [-0.39, 0.29) is 5.41 Å². The predicted molar refractivity (Wildman–Crippen MR) is 79.8 cm³/mol. The van der Waals surface area contributed by atoms with Crippen LogP contribution in [-0.2, 0) is 0 Å². The van der Waals surface area contributed by atoms with Gasteiger partial charge in [0.1, 0.15) is 5.75 Å². The molecule has 1 heterocycles. The molecule has 3 heteroatoms. The third-order valence-corrected chi connectivity index (χ3v) is 5.02. The highest BCUT2D eigenvalue weighted by Gasteiger charge is 2.35. The molecule has 2 N–H and O–H groups in total. The first-order valence-electron chi connectivity index (χ1n) is 7.80. The van der Waals surface area contributed by atoms with E-state index in [2.05, 4.69) is 24.4 Å². The number of rotatable bonds is 4. The molecule has 3 nitrogen and oxygen atoms in total. The van der Waals surface area contributed by atoms with E-state index >= 15 is 0 Å². The van der Waals surface area contributed by atoms with Crippen LogP contribution < -0.4 is 10.1 Å². The number of aliphatic hydroxyl groups excluding tert-OH is 1. The Labute approximate surface area is 121 Å². The normalized spacial score (nSPS) is 27.9. The Kier molecular flexibility index (Phi) is 3.99. The summed E-state index contributed by atoms with van der Waals surface area (Å²) in [4.78, 5) is 0. The van der Waals surface area contributed by atoms with Crippen molar-refractivity contribution in [3.8, 4) is 5.75 Å². The number of aliphatic hydroxyl groups is 1. The quantitative estimate of drug-likeness (QED) is 0.888. The zero-order valence-electron chi connectivity index (χ0n) is 12.3. The Morgan fingerprint density at radius 2 is 2.05 bits per heavy atom. The van der Waals surface area contributed by atoms with E-state index in [4.69, 9.17) is 4.74 Å². The van der Waals surface area contributed by atoms with Gasteiger partial charge in [-0.2, -0.15) is 0 Å². The standard InChI is InChI=1S/C17H25NO2/c1-13-10-20-15-7-3-2-6-14(15)16(13)18-11-17(12-19)8-4-5-9-17/h2-3,6-7,13,16,18-19H,4-5,8-12H2,1H3. The van der Waals surface area contributed by atoms with Gasteiger partial charge in [0.15, 0.2) is 0 Å². The van der Waals surface area contributed by atoms with Crippen LogP contribution in [0.15, 0.2) is 24.3 Å². The Hall–Kier alpha value is -1.06. The highest BCUT2D eigenvalue weighted by molar-refractivity contribution is 5.37. The van der Waals surface area contributed by atoms with Crippen LogP contribution in [0.1, 0.15) is 44.2 Å². The molecule has 2 atom stereocenters. The fourth-order valence-corrected chi connectivity index (χ4v) is 3.65. The second-order valence-electron chi connectivity index (χ2n) is 6.55. The zero-order valence-corrected chi connectivity index (χ0v) is 12.3. The Balaban J connectivity index is 1.73. The van der Waals surface area contributed by atoms with Crippen LogP contribution in [0.3, 0.4) is 0 Å². The third-order valence-electron chi connectivity index (χ3n) is 5.02. The van der Waals surface area contributed by atoms with Gasteiger partial charge < -0.3 is 15.2 Å². The molecule has 1 aliphatic carbocycles. The van der Waals surface area contributed by atoms with E-state index in [0.717, 1.165) is 31.7 Å². The second kappa shape index (κ2) is 5.74. The van der Waals surface area contributed by atoms with E-state index in [1.54, 1.807) is 0 Å². The van der Waals surface area contributed by atoms with Gasteiger partial charge in [-0.25, -0.2) is 0 Å². The summed E-state index contributed by atoms with van der Waals surface area (Å²) < 4.78 is 5.80. The van der Waals surface area contributed by atoms with Crippen molar-refractivity contribution in [3.63, 3.8) is 0 Å². The SMILES string of the molecule is CC1COc2ccccc2C1NCC1(CO)CCCC1. The molecule has 1 saturated carbocycles. The number of hydrogen-bond donors (Lipinski definition) is 2. The first-order chi connectivity index (χ1) is 9.74. The lowest BCUT2D eigenvalue weighted by Crippen LogP contribution is -2.41. The number of ether oxygens (including phenoxy) is 1. The molecule has 3 rings (SSSR count). The molecular formula is C17H25NO2. The minimum Gasteiger partial charge on any atom is -0.493 e. The number of para-hydroxylation sites is 1. The largest absolute Gasteiger partial charge is 0.493 e.